The van der Waals surface area contributed by atoms with Crippen molar-refractivity contribution in [1.82, 2.24) is 14.7 Å². The monoisotopic (exact) mass is 657 g/mol. The van der Waals surface area contributed by atoms with Crippen molar-refractivity contribution < 1.29 is 23.9 Å². The van der Waals surface area contributed by atoms with Gasteiger partial charge in [0.05, 0.1) is 26.1 Å². The van der Waals surface area contributed by atoms with Gasteiger partial charge in [-0.05, 0) is 66.1 Å². The van der Waals surface area contributed by atoms with Gasteiger partial charge in [0, 0.05) is 29.4 Å². The quantitative estimate of drug-likeness (QED) is 0.127. The average molecular weight is 659 g/mol. The zero-order valence-corrected chi connectivity index (χ0v) is 27.2. The summed E-state index contributed by atoms with van der Waals surface area (Å²) in [5.41, 5.74) is 0.993. The van der Waals surface area contributed by atoms with Crippen molar-refractivity contribution in [2.24, 2.45) is 0 Å². The highest BCUT2D eigenvalue weighted by atomic mass is 35.5. The lowest BCUT2D eigenvalue weighted by molar-refractivity contribution is -0.158. The van der Waals surface area contributed by atoms with Gasteiger partial charge in [0.1, 0.15) is 23.6 Å². The molecule has 0 bridgehead atoms. The van der Waals surface area contributed by atoms with Crippen LogP contribution in [0.15, 0.2) is 66.0 Å². The van der Waals surface area contributed by atoms with Crippen LogP contribution in [0.25, 0.3) is 0 Å². The van der Waals surface area contributed by atoms with Crippen LogP contribution in [-0.4, -0.2) is 83.0 Å². The number of thiophene rings is 1. The molecule has 2 heterocycles. The van der Waals surface area contributed by atoms with Gasteiger partial charge >= 0.3 is 0 Å². The van der Waals surface area contributed by atoms with Crippen LogP contribution in [0.5, 0.6) is 5.75 Å². The second-order valence-electron chi connectivity index (χ2n) is 10.7. The standard InChI is InChI=1S/C33H37Cl2N3O5S/c1-3-26(22-39)38(30(35)19-24-6-10-25(34)11-7-24)31(40)20-29-33(42)36(16-14-23-8-12-27(43-2)13-9-23)21-32(41)37(29)17-15-28-5-4-18-44-28/h4-13,18,22,26,29-30H,3,14-17,19-21H2,1-2H3. The van der Waals surface area contributed by atoms with Crippen LogP contribution in [0.2, 0.25) is 5.02 Å². The molecule has 3 aromatic rings. The fraction of sp³-hybridized carbons (Fsp3) is 0.394. The van der Waals surface area contributed by atoms with Crippen molar-refractivity contribution in [1.29, 1.82) is 0 Å². The summed E-state index contributed by atoms with van der Waals surface area (Å²) in [6.45, 7) is 2.36. The third-order valence-electron chi connectivity index (χ3n) is 7.84. The van der Waals surface area contributed by atoms with Crippen LogP contribution >= 0.6 is 34.5 Å². The van der Waals surface area contributed by atoms with E-state index in [9.17, 15) is 19.2 Å². The van der Waals surface area contributed by atoms with E-state index in [2.05, 4.69) is 0 Å². The summed E-state index contributed by atoms with van der Waals surface area (Å²) in [6, 6.07) is 16.8. The molecule has 0 spiro atoms. The Hall–Kier alpha value is -3.40. The van der Waals surface area contributed by atoms with Crippen molar-refractivity contribution in [3.05, 3.63) is 87.1 Å². The van der Waals surface area contributed by atoms with E-state index < -0.39 is 23.5 Å². The number of benzene rings is 2. The zero-order chi connectivity index (χ0) is 31.6. The van der Waals surface area contributed by atoms with E-state index in [1.54, 1.807) is 37.5 Å². The van der Waals surface area contributed by atoms with E-state index in [1.165, 1.54) is 14.7 Å². The number of hydrogen-bond donors (Lipinski definition) is 0. The molecular formula is C33H37Cl2N3O5S. The Balaban J connectivity index is 1.55. The zero-order valence-electron chi connectivity index (χ0n) is 24.9. The van der Waals surface area contributed by atoms with E-state index in [0.717, 1.165) is 21.8 Å². The molecule has 4 rings (SSSR count). The third kappa shape index (κ3) is 8.61. The smallest absolute Gasteiger partial charge is 0.246 e. The highest BCUT2D eigenvalue weighted by Crippen LogP contribution is 2.24. The number of carbonyl (C=O) groups excluding carboxylic acids is 4. The lowest BCUT2D eigenvalue weighted by atomic mass is 10.0. The van der Waals surface area contributed by atoms with Gasteiger partial charge in [-0.1, -0.05) is 60.5 Å². The molecule has 1 aromatic heterocycles. The van der Waals surface area contributed by atoms with E-state index >= 15 is 0 Å². The maximum absolute atomic E-state index is 14.0. The first-order chi connectivity index (χ1) is 21.2. The van der Waals surface area contributed by atoms with Crippen LogP contribution in [0.4, 0.5) is 0 Å². The molecule has 11 heteroatoms. The lowest BCUT2D eigenvalue weighted by Gasteiger charge is -2.41. The number of rotatable bonds is 15. The van der Waals surface area contributed by atoms with Crippen LogP contribution < -0.4 is 4.74 Å². The van der Waals surface area contributed by atoms with Crippen molar-refractivity contribution in [2.45, 2.75) is 56.6 Å². The van der Waals surface area contributed by atoms with Crippen molar-refractivity contribution in [3.8, 4) is 5.75 Å². The third-order valence-corrected chi connectivity index (χ3v) is 9.39. The molecule has 1 fully saturated rings. The number of nitrogens with zero attached hydrogens (tertiary/aromatic N) is 3. The highest BCUT2D eigenvalue weighted by molar-refractivity contribution is 7.09. The second-order valence-corrected chi connectivity index (χ2v) is 12.6. The van der Waals surface area contributed by atoms with Gasteiger partial charge < -0.3 is 24.2 Å². The van der Waals surface area contributed by atoms with Gasteiger partial charge in [-0.2, -0.15) is 0 Å². The Morgan fingerprint density at radius 3 is 2.39 bits per heavy atom. The number of amides is 3. The molecule has 0 radical (unpaired) electrons. The molecule has 3 unspecified atom stereocenters. The number of ether oxygens (including phenoxy) is 1. The lowest BCUT2D eigenvalue weighted by Crippen LogP contribution is -2.62. The highest BCUT2D eigenvalue weighted by Gasteiger charge is 2.42. The summed E-state index contributed by atoms with van der Waals surface area (Å²) in [6.07, 6.45) is 2.17. The van der Waals surface area contributed by atoms with E-state index in [1.807, 2.05) is 53.9 Å². The van der Waals surface area contributed by atoms with Gasteiger partial charge in [0.15, 0.2) is 0 Å². The predicted molar refractivity (Wildman–Crippen MR) is 173 cm³/mol. The first kappa shape index (κ1) is 33.5. The molecule has 1 aliphatic heterocycles. The maximum atomic E-state index is 14.0. The minimum atomic E-state index is -1.01. The Labute approximate surface area is 272 Å². The van der Waals surface area contributed by atoms with Gasteiger partial charge in [-0.3, -0.25) is 14.4 Å². The van der Waals surface area contributed by atoms with Gasteiger partial charge in [-0.15, -0.1) is 11.3 Å². The molecule has 44 heavy (non-hydrogen) atoms. The Bertz CT molecular complexity index is 1400. The SMILES string of the molecule is CCC(C=O)N(C(=O)CC1C(=O)N(CCc2ccc(OC)cc2)CC(=O)N1CCc1cccs1)C(Cl)Cc1ccc(Cl)cc1. The van der Waals surface area contributed by atoms with Crippen LogP contribution in [-0.2, 0) is 38.4 Å². The van der Waals surface area contributed by atoms with Crippen molar-refractivity contribution >= 4 is 58.5 Å². The largest absolute Gasteiger partial charge is 0.497 e. The summed E-state index contributed by atoms with van der Waals surface area (Å²) < 4.78 is 5.23. The van der Waals surface area contributed by atoms with Crippen molar-refractivity contribution in [3.63, 3.8) is 0 Å². The second kappa shape index (κ2) is 16.1. The Morgan fingerprint density at radius 1 is 1.07 bits per heavy atom. The number of alkyl halides is 1. The fourth-order valence-electron chi connectivity index (χ4n) is 5.35. The number of halogens is 2. The number of methoxy groups -OCH3 is 1. The van der Waals surface area contributed by atoms with E-state index in [4.69, 9.17) is 27.9 Å². The molecular weight excluding hydrogens is 621 g/mol. The Kier molecular flexibility index (Phi) is 12.2. The van der Waals surface area contributed by atoms with Crippen LogP contribution in [0.1, 0.15) is 35.8 Å². The van der Waals surface area contributed by atoms with Crippen LogP contribution in [0, 0.1) is 0 Å². The summed E-state index contributed by atoms with van der Waals surface area (Å²) in [4.78, 5) is 59.0. The summed E-state index contributed by atoms with van der Waals surface area (Å²) in [7, 11) is 1.60. The normalized spacial score (nSPS) is 16.5. The first-order valence-electron chi connectivity index (χ1n) is 14.6. The number of carbonyl (C=O) groups is 4. The van der Waals surface area contributed by atoms with Gasteiger partial charge in [0.2, 0.25) is 17.7 Å². The molecule has 3 amide bonds. The van der Waals surface area contributed by atoms with Crippen LogP contribution in [0.3, 0.4) is 0 Å². The number of aldehydes is 1. The molecule has 3 atom stereocenters. The maximum Gasteiger partial charge on any atom is 0.246 e. The molecule has 0 N–H and O–H groups in total. The van der Waals surface area contributed by atoms with Gasteiger partial charge in [-0.25, -0.2) is 0 Å². The fourth-order valence-corrected chi connectivity index (χ4v) is 6.61. The molecule has 0 saturated carbocycles. The number of piperazine rings is 1. The Morgan fingerprint density at radius 2 is 1.77 bits per heavy atom. The summed E-state index contributed by atoms with van der Waals surface area (Å²) in [5, 5.41) is 2.54. The predicted octanol–water partition coefficient (Wildman–Crippen LogP) is 5.24. The first-order valence-corrected chi connectivity index (χ1v) is 16.3. The molecule has 8 nitrogen and oxygen atoms in total. The minimum absolute atomic E-state index is 0.0611. The molecule has 1 saturated heterocycles. The molecule has 2 aromatic carbocycles. The molecule has 234 valence electrons. The molecule has 1 aliphatic rings. The van der Waals surface area contributed by atoms with Crippen molar-refractivity contribution in [2.75, 3.05) is 26.7 Å². The topological polar surface area (TPSA) is 87.2 Å². The minimum Gasteiger partial charge on any atom is -0.497 e. The number of hydrogen-bond acceptors (Lipinski definition) is 6. The molecule has 0 aliphatic carbocycles. The van der Waals surface area contributed by atoms with E-state index in [-0.39, 0.29) is 31.2 Å². The average Bonchev–Trinajstić information content (AvgIpc) is 3.55. The van der Waals surface area contributed by atoms with E-state index in [0.29, 0.717) is 43.7 Å². The summed E-state index contributed by atoms with van der Waals surface area (Å²) >= 11 is 14.4. The summed E-state index contributed by atoms with van der Waals surface area (Å²) in [5.74, 6) is -0.231. The van der Waals surface area contributed by atoms with Gasteiger partial charge in [0.25, 0.3) is 0 Å².